The van der Waals surface area contributed by atoms with E-state index in [4.69, 9.17) is 23.2 Å². The van der Waals surface area contributed by atoms with E-state index in [0.29, 0.717) is 21.3 Å². The first-order chi connectivity index (χ1) is 11.6. The van der Waals surface area contributed by atoms with Crippen LogP contribution in [-0.4, -0.2) is 32.5 Å². The van der Waals surface area contributed by atoms with E-state index in [2.05, 4.69) is 4.72 Å². The quantitative estimate of drug-likeness (QED) is 0.817. The normalized spacial score (nSPS) is 12.5. The molecule has 0 heterocycles. The number of benzene rings is 2. The maximum Gasteiger partial charge on any atom is 0.254 e. The molecule has 0 bridgehead atoms. The van der Waals surface area contributed by atoms with Crippen LogP contribution in [0, 0.1) is 0 Å². The summed E-state index contributed by atoms with van der Waals surface area (Å²) in [6, 6.07) is 11.1. The summed E-state index contributed by atoms with van der Waals surface area (Å²) in [5, 5.41) is 1.02. The molecule has 2 aromatic rings. The van der Waals surface area contributed by atoms with Crippen LogP contribution in [0.3, 0.4) is 0 Å². The zero-order valence-electron chi connectivity index (χ0n) is 14.0. The van der Waals surface area contributed by atoms with Crippen LogP contribution in [0.4, 0.5) is 5.69 Å². The van der Waals surface area contributed by atoms with Gasteiger partial charge in [0.1, 0.15) is 0 Å². The molecule has 0 aliphatic heterocycles. The van der Waals surface area contributed by atoms with E-state index in [1.807, 2.05) is 6.92 Å². The van der Waals surface area contributed by atoms with Crippen molar-refractivity contribution in [2.75, 3.05) is 18.0 Å². The molecule has 8 heteroatoms. The summed E-state index contributed by atoms with van der Waals surface area (Å²) in [4.78, 5) is 14.2. The molecular weight excluding hydrogens is 383 g/mol. The lowest BCUT2D eigenvalue weighted by Gasteiger charge is -2.26. The number of nitrogens with zero attached hydrogens (tertiary/aromatic N) is 1. The van der Waals surface area contributed by atoms with Crippen molar-refractivity contribution >= 4 is 44.8 Å². The molecule has 0 saturated heterocycles. The standard InChI is InChI=1S/C17H18Cl2N2O3S/c1-11(15-9-6-13(18)10-16(15)19)21(2)17(22)12-4-7-14(8-5-12)20-25(3,23)24/h4-11,20H,1-3H3/t11-/m1/s1. The molecule has 0 saturated carbocycles. The van der Waals surface area contributed by atoms with E-state index in [9.17, 15) is 13.2 Å². The fourth-order valence-corrected chi connectivity index (χ4v) is 3.45. The number of carbonyl (C=O) groups is 1. The Bertz CT molecular complexity index is 883. The molecule has 2 aromatic carbocycles. The van der Waals surface area contributed by atoms with E-state index < -0.39 is 10.0 Å². The van der Waals surface area contributed by atoms with Gasteiger partial charge in [0.25, 0.3) is 5.91 Å². The number of nitrogens with one attached hydrogen (secondary N) is 1. The number of anilines is 1. The average Bonchev–Trinajstić information content (AvgIpc) is 2.52. The Morgan fingerprint density at radius 3 is 2.24 bits per heavy atom. The first-order valence-electron chi connectivity index (χ1n) is 7.38. The van der Waals surface area contributed by atoms with Gasteiger partial charge in [0.05, 0.1) is 12.3 Å². The predicted octanol–water partition coefficient (Wildman–Crippen LogP) is 4.20. The molecule has 0 unspecified atom stereocenters. The van der Waals surface area contributed by atoms with Gasteiger partial charge in [-0.05, 0) is 48.9 Å². The monoisotopic (exact) mass is 400 g/mol. The summed E-state index contributed by atoms with van der Waals surface area (Å²) in [5.41, 5.74) is 1.63. The van der Waals surface area contributed by atoms with Crippen molar-refractivity contribution in [1.29, 1.82) is 0 Å². The highest BCUT2D eigenvalue weighted by Crippen LogP contribution is 2.29. The van der Waals surface area contributed by atoms with Crippen LogP contribution >= 0.6 is 23.2 Å². The van der Waals surface area contributed by atoms with E-state index >= 15 is 0 Å². The Morgan fingerprint density at radius 1 is 1.12 bits per heavy atom. The molecule has 5 nitrogen and oxygen atoms in total. The molecule has 0 aromatic heterocycles. The van der Waals surface area contributed by atoms with Gasteiger partial charge in [0, 0.05) is 28.3 Å². The topological polar surface area (TPSA) is 66.5 Å². The highest BCUT2D eigenvalue weighted by Gasteiger charge is 2.21. The minimum absolute atomic E-state index is 0.204. The number of hydrogen-bond acceptors (Lipinski definition) is 3. The summed E-state index contributed by atoms with van der Waals surface area (Å²) in [6.45, 7) is 1.87. The van der Waals surface area contributed by atoms with E-state index in [-0.39, 0.29) is 11.9 Å². The first-order valence-corrected chi connectivity index (χ1v) is 10.0. The highest BCUT2D eigenvalue weighted by molar-refractivity contribution is 7.92. The SMILES string of the molecule is C[C@H](c1ccc(Cl)cc1Cl)N(C)C(=O)c1ccc(NS(C)(=O)=O)cc1. The average molecular weight is 401 g/mol. The zero-order valence-corrected chi connectivity index (χ0v) is 16.3. The number of carbonyl (C=O) groups excluding carboxylic acids is 1. The minimum atomic E-state index is -3.36. The van der Waals surface area contributed by atoms with Gasteiger partial charge in [-0.3, -0.25) is 9.52 Å². The molecule has 2 rings (SSSR count). The third kappa shape index (κ3) is 5.11. The van der Waals surface area contributed by atoms with Gasteiger partial charge in [-0.1, -0.05) is 29.3 Å². The third-order valence-corrected chi connectivity index (χ3v) is 4.92. The van der Waals surface area contributed by atoms with Crippen LogP contribution < -0.4 is 4.72 Å². The molecular formula is C17H18Cl2N2O3S. The highest BCUT2D eigenvalue weighted by atomic mass is 35.5. The van der Waals surface area contributed by atoms with Crippen molar-refractivity contribution in [1.82, 2.24) is 4.90 Å². The summed E-state index contributed by atoms with van der Waals surface area (Å²) in [5.74, 6) is -0.204. The van der Waals surface area contributed by atoms with Crippen molar-refractivity contribution < 1.29 is 13.2 Å². The van der Waals surface area contributed by atoms with Gasteiger partial charge >= 0.3 is 0 Å². The van der Waals surface area contributed by atoms with Crippen molar-refractivity contribution in [2.45, 2.75) is 13.0 Å². The molecule has 0 aliphatic carbocycles. The van der Waals surface area contributed by atoms with E-state index in [0.717, 1.165) is 11.8 Å². The summed E-state index contributed by atoms with van der Waals surface area (Å²) >= 11 is 12.1. The zero-order chi connectivity index (χ0) is 18.8. The molecule has 0 aliphatic rings. The molecule has 1 atom stereocenters. The van der Waals surface area contributed by atoms with E-state index in [1.54, 1.807) is 54.4 Å². The Hall–Kier alpha value is -1.76. The smallest absolute Gasteiger partial charge is 0.254 e. The van der Waals surface area contributed by atoms with Crippen molar-refractivity contribution in [3.63, 3.8) is 0 Å². The predicted molar refractivity (Wildman–Crippen MR) is 102 cm³/mol. The second-order valence-electron chi connectivity index (χ2n) is 5.71. The minimum Gasteiger partial charge on any atom is -0.335 e. The van der Waals surface area contributed by atoms with Crippen LogP contribution in [-0.2, 0) is 10.0 Å². The maximum atomic E-state index is 12.7. The molecule has 134 valence electrons. The van der Waals surface area contributed by atoms with Gasteiger partial charge < -0.3 is 4.90 Å². The lowest BCUT2D eigenvalue weighted by Crippen LogP contribution is -2.29. The second-order valence-corrected chi connectivity index (χ2v) is 8.30. The Labute approximate surface area is 157 Å². The maximum absolute atomic E-state index is 12.7. The lowest BCUT2D eigenvalue weighted by molar-refractivity contribution is 0.0743. The van der Waals surface area contributed by atoms with Gasteiger partial charge in [0.2, 0.25) is 10.0 Å². The summed E-state index contributed by atoms with van der Waals surface area (Å²) < 4.78 is 24.8. The number of hydrogen-bond donors (Lipinski definition) is 1. The summed E-state index contributed by atoms with van der Waals surface area (Å²) in [7, 11) is -1.67. The fourth-order valence-electron chi connectivity index (χ4n) is 2.32. The summed E-state index contributed by atoms with van der Waals surface area (Å²) in [6.07, 6.45) is 1.07. The van der Waals surface area contributed by atoms with Gasteiger partial charge in [-0.25, -0.2) is 8.42 Å². The van der Waals surface area contributed by atoms with E-state index in [1.165, 1.54) is 0 Å². The van der Waals surface area contributed by atoms with Crippen LogP contribution in [0.25, 0.3) is 0 Å². The Kier molecular flexibility index (Phi) is 5.98. The molecule has 1 N–H and O–H groups in total. The van der Waals surface area contributed by atoms with Crippen molar-refractivity contribution in [2.24, 2.45) is 0 Å². The number of rotatable bonds is 5. The Morgan fingerprint density at radius 2 is 1.72 bits per heavy atom. The van der Waals surface area contributed by atoms with Crippen LogP contribution in [0.15, 0.2) is 42.5 Å². The van der Waals surface area contributed by atoms with Crippen molar-refractivity contribution in [3.8, 4) is 0 Å². The van der Waals surface area contributed by atoms with Crippen molar-refractivity contribution in [3.05, 3.63) is 63.6 Å². The third-order valence-electron chi connectivity index (χ3n) is 3.75. The van der Waals surface area contributed by atoms with Crippen LogP contribution in [0.1, 0.15) is 28.9 Å². The first kappa shape index (κ1) is 19.6. The molecule has 0 fully saturated rings. The van der Waals surface area contributed by atoms with Gasteiger partial charge in [-0.2, -0.15) is 0 Å². The number of halogens is 2. The largest absolute Gasteiger partial charge is 0.335 e. The molecule has 1 amide bonds. The van der Waals surface area contributed by atoms with Gasteiger partial charge in [-0.15, -0.1) is 0 Å². The number of sulfonamides is 1. The lowest BCUT2D eigenvalue weighted by atomic mass is 10.1. The van der Waals surface area contributed by atoms with Gasteiger partial charge in [0.15, 0.2) is 0 Å². The molecule has 0 radical (unpaired) electrons. The Balaban J connectivity index is 2.18. The fraction of sp³-hybridized carbons (Fsp3) is 0.235. The van der Waals surface area contributed by atoms with Crippen LogP contribution in [0.2, 0.25) is 10.0 Å². The molecule has 0 spiro atoms. The molecule has 25 heavy (non-hydrogen) atoms. The van der Waals surface area contributed by atoms with Crippen LogP contribution in [0.5, 0.6) is 0 Å². The number of amides is 1. The second kappa shape index (κ2) is 7.64.